The lowest BCUT2D eigenvalue weighted by Crippen LogP contribution is -2.45. The summed E-state index contributed by atoms with van der Waals surface area (Å²) in [6, 6.07) is 34.1. The molecule has 8 heteroatoms. The largest absolute Gasteiger partial charge is 0.496 e. The second-order valence-corrected chi connectivity index (χ2v) is 13.3. The molecule has 0 spiro atoms. The number of benzene rings is 4. The maximum absolute atomic E-state index is 12.3. The van der Waals surface area contributed by atoms with Crippen molar-refractivity contribution in [3.05, 3.63) is 114 Å². The van der Waals surface area contributed by atoms with E-state index in [2.05, 4.69) is 27.2 Å². The van der Waals surface area contributed by atoms with Crippen molar-refractivity contribution in [2.75, 3.05) is 20.2 Å². The Morgan fingerprint density at radius 2 is 1.47 bits per heavy atom. The zero-order valence-corrected chi connectivity index (χ0v) is 27.6. The lowest BCUT2D eigenvalue weighted by Gasteiger charge is -2.39. The van der Waals surface area contributed by atoms with Gasteiger partial charge in [0, 0.05) is 28.8 Å². The third kappa shape index (κ3) is 8.93. The maximum Gasteiger partial charge on any atom is 0.310 e. The van der Waals surface area contributed by atoms with Crippen LogP contribution in [0.3, 0.4) is 0 Å². The average molecular weight is 633 g/mol. The van der Waals surface area contributed by atoms with Crippen molar-refractivity contribution in [2.24, 2.45) is 11.1 Å². The number of methoxy groups -OCH3 is 1. The third-order valence-corrected chi connectivity index (χ3v) is 8.23. The fraction of sp³-hybridized carbons (Fsp3) is 0.308. The summed E-state index contributed by atoms with van der Waals surface area (Å²) < 4.78 is 11.3. The summed E-state index contributed by atoms with van der Waals surface area (Å²) in [5.74, 6) is 0.993. The molecule has 1 fully saturated rings. The molecule has 0 bridgehead atoms. The normalized spacial score (nSPS) is 14.6. The molecule has 0 radical (unpaired) electrons. The van der Waals surface area contributed by atoms with Crippen LogP contribution in [0, 0.1) is 5.41 Å². The van der Waals surface area contributed by atoms with E-state index < -0.39 is 11.4 Å². The van der Waals surface area contributed by atoms with Crippen LogP contribution in [-0.4, -0.2) is 51.9 Å². The number of likely N-dealkylation sites (tertiary alicyclic amines) is 1. The number of nitrogens with zero attached hydrogens (tertiary/aromatic N) is 3. The second-order valence-electron chi connectivity index (χ2n) is 13.3. The number of carboxylic acids is 1. The highest BCUT2D eigenvalue weighted by molar-refractivity contribution is 5.76. The Bertz CT molecular complexity index is 1730. The molecule has 0 unspecified atom stereocenters. The van der Waals surface area contributed by atoms with Crippen LogP contribution in [0.2, 0.25) is 0 Å². The highest BCUT2D eigenvalue weighted by atomic mass is 16.5. The molecule has 1 aliphatic heterocycles. The molecule has 244 valence electrons. The van der Waals surface area contributed by atoms with E-state index in [4.69, 9.17) is 15.0 Å². The molecule has 1 saturated heterocycles. The summed E-state index contributed by atoms with van der Waals surface area (Å²) in [5.41, 5.74) is 10.6. The number of carboxylic acid groups (broad SMARTS) is 1. The fourth-order valence-corrected chi connectivity index (χ4v) is 5.75. The number of rotatable bonds is 9. The predicted molar refractivity (Wildman–Crippen MR) is 186 cm³/mol. The molecule has 4 aromatic carbocycles. The second kappa shape index (κ2) is 14.8. The van der Waals surface area contributed by atoms with Crippen molar-refractivity contribution in [1.29, 1.82) is 0 Å². The van der Waals surface area contributed by atoms with Gasteiger partial charge in [-0.25, -0.2) is 0 Å². The zero-order valence-electron chi connectivity index (χ0n) is 27.6. The molecule has 0 saturated carbocycles. The van der Waals surface area contributed by atoms with Gasteiger partial charge in [-0.15, -0.1) is 0 Å². The van der Waals surface area contributed by atoms with E-state index in [0.29, 0.717) is 31.0 Å². The number of aromatic nitrogens is 2. The first-order valence-electron chi connectivity index (χ1n) is 16.0. The monoisotopic (exact) mass is 632 g/mol. The minimum Gasteiger partial charge on any atom is -0.496 e. The van der Waals surface area contributed by atoms with Crippen molar-refractivity contribution < 1.29 is 19.2 Å². The molecule has 0 atom stereocenters. The molecule has 0 aliphatic carbocycles. The summed E-state index contributed by atoms with van der Waals surface area (Å²) in [5, 5.41) is 14.3. The van der Waals surface area contributed by atoms with Crippen LogP contribution >= 0.6 is 0 Å². The van der Waals surface area contributed by atoms with Crippen LogP contribution in [0.5, 0.6) is 5.75 Å². The Morgan fingerprint density at radius 1 is 0.872 bits per heavy atom. The molecule has 1 aromatic heterocycles. The van der Waals surface area contributed by atoms with Crippen LogP contribution in [0.4, 0.5) is 0 Å². The topological polar surface area (TPSA) is 115 Å². The van der Waals surface area contributed by atoms with Gasteiger partial charge in [0.25, 0.3) is 5.89 Å². The van der Waals surface area contributed by atoms with Crippen molar-refractivity contribution >= 4 is 5.97 Å². The molecule has 5 aromatic rings. The minimum atomic E-state index is -0.704. The van der Waals surface area contributed by atoms with Gasteiger partial charge in [-0.1, -0.05) is 90.1 Å². The Kier molecular flexibility index (Phi) is 10.5. The molecular formula is C39H44N4O4. The van der Waals surface area contributed by atoms with Crippen LogP contribution in [0.1, 0.15) is 44.7 Å². The van der Waals surface area contributed by atoms with Crippen LogP contribution < -0.4 is 10.5 Å². The van der Waals surface area contributed by atoms with Gasteiger partial charge in [0.2, 0.25) is 5.82 Å². The molecule has 2 heterocycles. The molecule has 8 nitrogen and oxygen atoms in total. The van der Waals surface area contributed by atoms with Gasteiger partial charge in [-0.05, 0) is 88.0 Å². The van der Waals surface area contributed by atoms with E-state index in [1.54, 1.807) is 7.11 Å². The average Bonchev–Trinajstić information content (AvgIpc) is 3.56. The molecule has 3 N–H and O–H groups in total. The van der Waals surface area contributed by atoms with Crippen LogP contribution in [0.25, 0.3) is 34.0 Å². The number of hydrogen-bond acceptors (Lipinski definition) is 7. The predicted octanol–water partition coefficient (Wildman–Crippen LogP) is 7.73. The zero-order chi connectivity index (χ0) is 33.4. The maximum atomic E-state index is 12.3. The Balaban J connectivity index is 0.000000807. The summed E-state index contributed by atoms with van der Waals surface area (Å²) >= 11 is 0. The first kappa shape index (κ1) is 33.6. The van der Waals surface area contributed by atoms with Crippen LogP contribution in [0.15, 0.2) is 108 Å². The Labute approximate surface area is 277 Å². The van der Waals surface area contributed by atoms with Crippen molar-refractivity contribution in [3.63, 3.8) is 0 Å². The van der Waals surface area contributed by atoms with E-state index in [9.17, 15) is 9.90 Å². The number of hydrogen-bond donors (Lipinski definition) is 2. The lowest BCUT2D eigenvalue weighted by molar-refractivity contribution is -0.152. The number of piperidine rings is 1. The van der Waals surface area contributed by atoms with E-state index in [0.717, 1.165) is 58.8 Å². The Hall–Kier alpha value is -4.79. The standard InChI is InChI=1S/C35H33N3O4.C4H11N/c1-41-31-22-29(16-17-30(31)27-10-6-3-7-11-27)33-36-32(37-42-33)28-14-12-26(13-15-28)24-38-20-18-35(19-21-38,34(39)40)23-25-8-4-2-5-9-25;1-4(2,3)5/h2-17,22H,18-21,23-24H2,1H3,(H,39,40);5H2,1-3H3. The van der Waals surface area contributed by atoms with E-state index in [1.165, 1.54) is 0 Å². The number of ether oxygens (including phenoxy) is 1. The van der Waals surface area contributed by atoms with Gasteiger partial charge in [-0.2, -0.15) is 4.98 Å². The van der Waals surface area contributed by atoms with Crippen LogP contribution in [-0.2, 0) is 17.8 Å². The molecule has 0 amide bonds. The van der Waals surface area contributed by atoms with Crippen molar-refractivity contribution in [3.8, 4) is 39.7 Å². The summed E-state index contributed by atoms with van der Waals surface area (Å²) in [6.07, 6.45) is 1.85. The first-order chi connectivity index (χ1) is 22.5. The SMILES string of the molecule is CC(C)(C)N.COc1cc(-c2nc(-c3ccc(CN4CCC(Cc5ccccc5)(C(=O)O)CC4)cc3)no2)ccc1-c1ccccc1. The van der Waals surface area contributed by atoms with E-state index in [-0.39, 0.29) is 5.54 Å². The van der Waals surface area contributed by atoms with Gasteiger partial charge in [0.05, 0.1) is 12.5 Å². The van der Waals surface area contributed by atoms with Crippen molar-refractivity contribution in [1.82, 2.24) is 15.0 Å². The number of nitrogens with two attached hydrogens (primary N) is 1. The summed E-state index contributed by atoms with van der Waals surface area (Å²) in [4.78, 5) is 19.2. The van der Waals surface area contributed by atoms with Gasteiger partial charge in [0.15, 0.2) is 0 Å². The summed E-state index contributed by atoms with van der Waals surface area (Å²) in [7, 11) is 1.66. The fourth-order valence-electron chi connectivity index (χ4n) is 5.75. The summed E-state index contributed by atoms with van der Waals surface area (Å²) in [6.45, 7) is 8.17. The highest BCUT2D eigenvalue weighted by Crippen LogP contribution is 2.37. The van der Waals surface area contributed by atoms with E-state index in [1.807, 2.05) is 112 Å². The van der Waals surface area contributed by atoms with Gasteiger partial charge in [-0.3, -0.25) is 9.69 Å². The van der Waals surface area contributed by atoms with Gasteiger partial charge in [0.1, 0.15) is 5.75 Å². The van der Waals surface area contributed by atoms with Crippen molar-refractivity contribution in [2.45, 2.75) is 52.1 Å². The first-order valence-corrected chi connectivity index (χ1v) is 16.0. The molecule has 6 rings (SSSR count). The number of carbonyl (C=O) groups is 1. The molecule has 1 aliphatic rings. The minimum absolute atomic E-state index is 0. The molecular weight excluding hydrogens is 588 g/mol. The van der Waals surface area contributed by atoms with Gasteiger partial charge < -0.3 is 20.1 Å². The van der Waals surface area contributed by atoms with Gasteiger partial charge >= 0.3 is 5.97 Å². The Morgan fingerprint density at radius 3 is 2.06 bits per heavy atom. The lowest BCUT2D eigenvalue weighted by atomic mass is 9.74. The smallest absolute Gasteiger partial charge is 0.310 e. The third-order valence-electron chi connectivity index (χ3n) is 8.23. The number of aliphatic carboxylic acids is 1. The highest BCUT2D eigenvalue weighted by Gasteiger charge is 2.41. The quantitative estimate of drug-likeness (QED) is 0.170. The van der Waals surface area contributed by atoms with E-state index >= 15 is 0 Å². The molecule has 47 heavy (non-hydrogen) atoms.